The molecule has 0 radical (unpaired) electrons. The van der Waals surface area contributed by atoms with Crippen molar-refractivity contribution < 1.29 is 14.3 Å². The van der Waals surface area contributed by atoms with Crippen molar-refractivity contribution in [1.29, 1.82) is 0 Å². The maximum Gasteiger partial charge on any atom is 0.179 e. The summed E-state index contributed by atoms with van der Waals surface area (Å²) in [7, 11) is 0. The van der Waals surface area contributed by atoms with Gasteiger partial charge in [-0.05, 0) is 24.6 Å². The second kappa shape index (κ2) is 7.70. The van der Waals surface area contributed by atoms with Crippen molar-refractivity contribution in [2.24, 2.45) is 0 Å². The average molecular weight is 305 g/mol. The highest BCUT2D eigenvalue weighted by molar-refractivity contribution is 6.32. The third-order valence-corrected chi connectivity index (χ3v) is 3.23. The van der Waals surface area contributed by atoms with E-state index in [1.807, 2.05) is 37.3 Å². The number of ether oxygens (including phenoxy) is 2. The minimum absolute atomic E-state index is 0.385. The van der Waals surface area contributed by atoms with E-state index in [9.17, 15) is 4.79 Å². The van der Waals surface area contributed by atoms with Gasteiger partial charge in [0.05, 0.1) is 18.2 Å². The largest absolute Gasteiger partial charge is 0.490 e. The summed E-state index contributed by atoms with van der Waals surface area (Å²) in [4.78, 5) is 10.9. The number of halogens is 1. The zero-order valence-electron chi connectivity index (χ0n) is 11.8. The second-order valence-corrected chi connectivity index (χ2v) is 4.87. The molecule has 0 fully saturated rings. The molecule has 0 unspecified atom stereocenters. The standard InChI is InChI=1S/C17H17ClO3/c1-2-20-16-11-14(12-19)10-15(18)17(16)21-9-8-13-6-4-3-5-7-13/h3-7,10-12H,2,8-9H2,1H3. The summed E-state index contributed by atoms with van der Waals surface area (Å²) in [6, 6.07) is 13.3. The third-order valence-electron chi connectivity index (χ3n) is 2.95. The third kappa shape index (κ3) is 4.23. The van der Waals surface area contributed by atoms with Crippen molar-refractivity contribution in [2.45, 2.75) is 13.3 Å². The van der Waals surface area contributed by atoms with Crippen LogP contribution in [-0.4, -0.2) is 19.5 Å². The Morgan fingerprint density at radius 3 is 2.57 bits per heavy atom. The molecule has 3 nitrogen and oxygen atoms in total. The molecular formula is C17H17ClO3. The lowest BCUT2D eigenvalue weighted by Gasteiger charge is -2.14. The molecule has 2 aromatic carbocycles. The molecule has 0 bridgehead atoms. The zero-order valence-corrected chi connectivity index (χ0v) is 12.6. The van der Waals surface area contributed by atoms with E-state index in [0.717, 1.165) is 12.7 Å². The molecule has 0 aromatic heterocycles. The fraction of sp³-hybridized carbons (Fsp3) is 0.235. The first-order chi connectivity index (χ1) is 10.2. The van der Waals surface area contributed by atoms with Crippen LogP contribution in [0.25, 0.3) is 0 Å². The molecule has 0 amide bonds. The Bertz CT molecular complexity index is 596. The van der Waals surface area contributed by atoms with Crippen molar-refractivity contribution in [2.75, 3.05) is 13.2 Å². The fourth-order valence-electron chi connectivity index (χ4n) is 1.97. The summed E-state index contributed by atoms with van der Waals surface area (Å²) in [5, 5.41) is 0.385. The Morgan fingerprint density at radius 2 is 1.90 bits per heavy atom. The van der Waals surface area contributed by atoms with Gasteiger partial charge in [0.15, 0.2) is 11.5 Å². The molecule has 2 rings (SSSR count). The Morgan fingerprint density at radius 1 is 1.14 bits per heavy atom. The molecule has 0 N–H and O–H groups in total. The van der Waals surface area contributed by atoms with E-state index >= 15 is 0 Å². The number of aldehydes is 1. The molecule has 0 saturated heterocycles. The van der Waals surface area contributed by atoms with Crippen molar-refractivity contribution in [3.8, 4) is 11.5 Å². The normalized spacial score (nSPS) is 10.2. The lowest BCUT2D eigenvalue weighted by Crippen LogP contribution is -2.04. The molecule has 21 heavy (non-hydrogen) atoms. The summed E-state index contributed by atoms with van der Waals surface area (Å²) < 4.78 is 11.2. The van der Waals surface area contributed by atoms with Gasteiger partial charge in [0.2, 0.25) is 0 Å². The summed E-state index contributed by atoms with van der Waals surface area (Å²) in [5.41, 5.74) is 1.66. The Hall–Kier alpha value is -2.00. The van der Waals surface area contributed by atoms with Gasteiger partial charge >= 0.3 is 0 Å². The Labute approximate surface area is 129 Å². The van der Waals surface area contributed by atoms with Crippen LogP contribution in [-0.2, 0) is 6.42 Å². The van der Waals surface area contributed by atoms with Gasteiger partial charge in [-0.3, -0.25) is 4.79 Å². The molecule has 0 aliphatic heterocycles. The molecule has 0 aliphatic carbocycles. The van der Waals surface area contributed by atoms with E-state index in [1.54, 1.807) is 12.1 Å². The highest BCUT2D eigenvalue weighted by atomic mass is 35.5. The molecule has 0 aliphatic rings. The van der Waals surface area contributed by atoms with Crippen molar-refractivity contribution in [3.63, 3.8) is 0 Å². The van der Waals surface area contributed by atoms with Gasteiger partial charge in [-0.1, -0.05) is 41.9 Å². The number of hydrogen-bond donors (Lipinski definition) is 0. The van der Waals surface area contributed by atoms with Crippen LogP contribution in [0, 0.1) is 0 Å². The molecule has 0 heterocycles. The van der Waals surface area contributed by atoms with Crippen molar-refractivity contribution >= 4 is 17.9 Å². The fourth-order valence-corrected chi connectivity index (χ4v) is 2.25. The lowest BCUT2D eigenvalue weighted by atomic mass is 10.2. The Kier molecular flexibility index (Phi) is 5.64. The van der Waals surface area contributed by atoms with E-state index in [0.29, 0.717) is 35.3 Å². The molecule has 2 aromatic rings. The van der Waals surface area contributed by atoms with Crippen LogP contribution in [0.1, 0.15) is 22.8 Å². The van der Waals surface area contributed by atoms with Crippen molar-refractivity contribution in [1.82, 2.24) is 0 Å². The minimum Gasteiger partial charge on any atom is -0.490 e. The van der Waals surface area contributed by atoms with E-state index in [2.05, 4.69) is 0 Å². The zero-order chi connectivity index (χ0) is 15.1. The first-order valence-electron chi connectivity index (χ1n) is 6.83. The predicted molar refractivity (Wildman–Crippen MR) is 83.6 cm³/mol. The van der Waals surface area contributed by atoms with Gasteiger partial charge < -0.3 is 9.47 Å². The van der Waals surface area contributed by atoms with E-state index in [4.69, 9.17) is 21.1 Å². The summed E-state index contributed by atoms with van der Waals surface area (Å²) in [6.45, 7) is 2.84. The second-order valence-electron chi connectivity index (χ2n) is 4.46. The number of rotatable bonds is 7. The Balaban J connectivity index is 2.09. The number of carbonyl (C=O) groups is 1. The molecule has 110 valence electrons. The van der Waals surface area contributed by atoms with Gasteiger partial charge in [-0.2, -0.15) is 0 Å². The topological polar surface area (TPSA) is 35.5 Å². The predicted octanol–water partition coefficient (Wildman–Crippen LogP) is 4.17. The van der Waals surface area contributed by atoms with E-state index < -0.39 is 0 Å². The highest BCUT2D eigenvalue weighted by Crippen LogP contribution is 2.36. The average Bonchev–Trinajstić information content (AvgIpc) is 2.51. The van der Waals surface area contributed by atoms with Crippen LogP contribution < -0.4 is 9.47 Å². The quantitative estimate of drug-likeness (QED) is 0.720. The molecular weight excluding hydrogens is 288 g/mol. The molecule has 0 atom stereocenters. The van der Waals surface area contributed by atoms with E-state index in [-0.39, 0.29) is 0 Å². The van der Waals surface area contributed by atoms with Crippen LogP contribution in [0.2, 0.25) is 5.02 Å². The maximum absolute atomic E-state index is 10.9. The van der Waals surface area contributed by atoms with E-state index in [1.165, 1.54) is 5.56 Å². The van der Waals surface area contributed by atoms with Gasteiger partial charge in [-0.15, -0.1) is 0 Å². The summed E-state index contributed by atoms with van der Waals surface area (Å²) in [5.74, 6) is 0.986. The number of benzene rings is 2. The number of hydrogen-bond acceptors (Lipinski definition) is 3. The van der Waals surface area contributed by atoms with Gasteiger partial charge in [-0.25, -0.2) is 0 Å². The molecule has 0 spiro atoms. The van der Waals surface area contributed by atoms with Gasteiger partial charge in [0.25, 0.3) is 0 Å². The smallest absolute Gasteiger partial charge is 0.179 e. The SMILES string of the molecule is CCOc1cc(C=O)cc(Cl)c1OCCc1ccccc1. The minimum atomic E-state index is 0.385. The van der Waals surface area contributed by atoms with Crippen LogP contribution in [0.4, 0.5) is 0 Å². The monoisotopic (exact) mass is 304 g/mol. The molecule has 0 saturated carbocycles. The maximum atomic E-state index is 10.9. The van der Waals surface area contributed by atoms with Crippen molar-refractivity contribution in [3.05, 3.63) is 58.6 Å². The molecule has 4 heteroatoms. The van der Waals surface area contributed by atoms with Crippen LogP contribution in [0.15, 0.2) is 42.5 Å². The first kappa shape index (κ1) is 15.4. The summed E-state index contributed by atoms with van der Waals surface area (Å²) in [6.07, 6.45) is 1.51. The highest BCUT2D eigenvalue weighted by Gasteiger charge is 2.12. The summed E-state index contributed by atoms with van der Waals surface area (Å²) >= 11 is 6.17. The lowest BCUT2D eigenvalue weighted by molar-refractivity contribution is 0.112. The van der Waals surface area contributed by atoms with Crippen LogP contribution >= 0.6 is 11.6 Å². The van der Waals surface area contributed by atoms with Crippen LogP contribution in [0.5, 0.6) is 11.5 Å². The first-order valence-corrected chi connectivity index (χ1v) is 7.20. The number of carbonyl (C=O) groups excluding carboxylic acids is 1. The van der Waals surface area contributed by atoms with Crippen LogP contribution in [0.3, 0.4) is 0 Å². The van der Waals surface area contributed by atoms with Gasteiger partial charge in [0, 0.05) is 12.0 Å². The van der Waals surface area contributed by atoms with Gasteiger partial charge in [0.1, 0.15) is 6.29 Å².